The summed E-state index contributed by atoms with van der Waals surface area (Å²) in [5, 5.41) is 13.5. The number of nitro groups is 1. The van der Waals surface area contributed by atoms with Gasteiger partial charge < -0.3 is 19.5 Å². The standard InChI is InChI=1S/C16H16N2O6/c1-22-13-8-7-11(9-12(13)18(20)21)17-16(19)10-24-15-6-4-3-5-14(15)23-2/h3-9H,10H2,1-2H3,(H,17,19). The van der Waals surface area contributed by atoms with Crippen LogP contribution in [-0.4, -0.2) is 31.7 Å². The highest BCUT2D eigenvalue weighted by Gasteiger charge is 2.16. The Morgan fingerprint density at radius 2 is 1.75 bits per heavy atom. The number of para-hydroxylation sites is 2. The van der Waals surface area contributed by atoms with E-state index in [1.165, 1.54) is 32.4 Å². The molecule has 8 nitrogen and oxygen atoms in total. The summed E-state index contributed by atoms with van der Waals surface area (Å²) in [6.45, 7) is -0.264. The smallest absolute Gasteiger partial charge is 0.312 e. The van der Waals surface area contributed by atoms with Gasteiger partial charge in [-0.05, 0) is 24.3 Å². The van der Waals surface area contributed by atoms with Crippen molar-refractivity contribution >= 4 is 17.3 Å². The van der Waals surface area contributed by atoms with Gasteiger partial charge in [0.05, 0.1) is 19.1 Å². The maximum absolute atomic E-state index is 11.9. The Bertz CT molecular complexity index is 747. The van der Waals surface area contributed by atoms with E-state index >= 15 is 0 Å². The highest BCUT2D eigenvalue weighted by molar-refractivity contribution is 5.92. The summed E-state index contributed by atoms with van der Waals surface area (Å²) < 4.78 is 15.4. The average Bonchev–Trinajstić information content (AvgIpc) is 2.60. The number of hydrogen-bond acceptors (Lipinski definition) is 6. The molecule has 0 bridgehead atoms. The summed E-state index contributed by atoms with van der Waals surface area (Å²) >= 11 is 0. The third-order valence-corrected chi connectivity index (χ3v) is 3.09. The van der Waals surface area contributed by atoms with Gasteiger partial charge in [-0.15, -0.1) is 0 Å². The number of nitrogens with zero attached hydrogens (tertiary/aromatic N) is 1. The molecule has 0 spiro atoms. The van der Waals surface area contributed by atoms with Crippen molar-refractivity contribution in [2.24, 2.45) is 0 Å². The number of carbonyl (C=O) groups is 1. The minimum absolute atomic E-state index is 0.114. The van der Waals surface area contributed by atoms with E-state index in [2.05, 4.69) is 5.32 Å². The van der Waals surface area contributed by atoms with Crippen LogP contribution in [0.15, 0.2) is 42.5 Å². The predicted molar refractivity (Wildman–Crippen MR) is 86.8 cm³/mol. The van der Waals surface area contributed by atoms with E-state index < -0.39 is 10.8 Å². The van der Waals surface area contributed by atoms with Gasteiger partial charge in [0.15, 0.2) is 23.9 Å². The normalized spacial score (nSPS) is 9.92. The van der Waals surface area contributed by atoms with Crippen molar-refractivity contribution in [3.8, 4) is 17.2 Å². The summed E-state index contributed by atoms with van der Waals surface area (Å²) in [6, 6.07) is 11.1. The minimum atomic E-state index is -0.584. The van der Waals surface area contributed by atoms with Crippen LogP contribution in [0.4, 0.5) is 11.4 Å². The van der Waals surface area contributed by atoms with Gasteiger partial charge in [-0.1, -0.05) is 12.1 Å². The zero-order valence-electron chi connectivity index (χ0n) is 13.1. The fourth-order valence-corrected chi connectivity index (χ4v) is 1.99. The zero-order valence-corrected chi connectivity index (χ0v) is 13.1. The second kappa shape index (κ2) is 7.82. The van der Waals surface area contributed by atoms with Crippen molar-refractivity contribution in [3.63, 3.8) is 0 Å². The number of amides is 1. The first kappa shape index (κ1) is 17.1. The third kappa shape index (κ3) is 4.13. The van der Waals surface area contributed by atoms with Gasteiger partial charge >= 0.3 is 5.69 Å². The number of anilines is 1. The van der Waals surface area contributed by atoms with Crippen LogP contribution in [0.5, 0.6) is 17.2 Å². The molecule has 126 valence electrons. The lowest BCUT2D eigenvalue weighted by Crippen LogP contribution is -2.20. The zero-order chi connectivity index (χ0) is 17.5. The maximum atomic E-state index is 11.9. The number of nitrogens with one attached hydrogen (secondary N) is 1. The molecule has 0 heterocycles. The molecule has 0 aliphatic heterocycles. The monoisotopic (exact) mass is 332 g/mol. The summed E-state index contributed by atoms with van der Waals surface area (Å²) in [7, 11) is 2.83. The number of carbonyl (C=O) groups excluding carboxylic acids is 1. The molecule has 2 aromatic carbocycles. The SMILES string of the molecule is COc1ccccc1OCC(=O)Nc1ccc(OC)c([N+](=O)[O-])c1. The van der Waals surface area contributed by atoms with Gasteiger partial charge in [0.1, 0.15) is 0 Å². The Morgan fingerprint density at radius 1 is 1.08 bits per heavy atom. The first-order valence-corrected chi connectivity index (χ1v) is 6.93. The van der Waals surface area contributed by atoms with Crippen LogP contribution in [0.3, 0.4) is 0 Å². The molecule has 1 amide bonds. The number of rotatable bonds is 7. The molecule has 0 fully saturated rings. The van der Waals surface area contributed by atoms with Crippen LogP contribution in [0.1, 0.15) is 0 Å². The Labute approximate surface area is 138 Å². The molecule has 2 aromatic rings. The Kier molecular flexibility index (Phi) is 5.56. The molecule has 0 radical (unpaired) electrons. The predicted octanol–water partition coefficient (Wildman–Crippen LogP) is 2.63. The van der Waals surface area contributed by atoms with E-state index in [9.17, 15) is 14.9 Å². The number of benzene rings is 2. The Morgan fingerprint density at radius 3 is 2.38 bits per heavy atom. The molecule has 0 aromatic heterocycles. The molecule has 0 saturated heterocycles. The Balaban J connectivity index is 2.02. The van der Waals surface area contributed by atoms with Crippen LogP contribution in [0.25, 0.3) is 0 Å². The molecule has 0 saturated carbocycles. The van der Waals surface area contributed by atoms with Crippen molar-refractivity contribution in [3.05, 3.63) is 52.6 Å². The summed E-state index contributed by atoms with van der Waals surface area (Å²) in [5.74, 6) is 0.588. The van der Waals surface area contributed by atoms with Gasteiger partial charge in [-0.25, -0.2) is 0 Å². The van der Waals surface area contributed by atoms with Gasteiger partial charge in [-0.2, -0.15) is 0 Å². The van der Waals surface area contributed by atoms with Gasteiger partial charge in [0.2, 0.25) is 0 Å². The second-order valence-corrected chi connectivity index (χ2v) is 4.63. The molecular weight excluding hydrogens is 316 g/mol. The van der Waals surface area contributed by atoms with Crippen molar-refractivity contribution in [2.45, 2.75) is 0 Å². The Hall–Kier alpha value is -3.29. The molecule has 0 unspecified atom stereocenters. The number of hydrogen-bond donors (Lipinski definition) is 1. The average molecular weight is 332 g/mol. The highest BCUT2D eigenvalue weighted by Crippen LogP contribution is 2.30. The van der Waals surface area contributed by atoms with E-state index in [0.717, 1.165) is 0 Å². The molecule has 0 aliphatic carbocycles. The summed E-state index contributed by atoms with van der Waals surface area (Å²) in [6.07, 6.45) is 0. The summed E-state index contributed by atoms with van der Waals surface area (Å²) in [4.78, 5) is 22.3. The van der Waals surface area contributed by atoms with Crippen LogP contribution < -0.4 is 19.5 Å². The largest absolute Gasteiger partial charge is 0.493 e. The lowest BCUT2D eigenvalue weighted by Gasteiger charge is -2.11. The van der Waals surface area contributed by atoms with Crippen molar-refractivity contribution < 1.29 is 23.9 Å². The molecule has 0 atom stereocenters. The first-order chi connectivity index (χ1) is 11.5. The van der Waals surface area contributed by atoms with E-state index in [4.69, 9.17) is 14.2 Å². The van der Waals surface area contributed by atoms with Crippen LogP contribution in [0, 0.1) is 10.1 Å². The fourth-order valence-electron chi connectivity index (χ4n) is 1.99. The maximum Gasteiger partial charge on any atom is 0.312 e. The van der Waals surface area contributed by atoms with E-state index in [1.54, 1.807) is 24.3 Å². The molecular formula is C16H16N2O6. The summed E-state index contributed by atoms with van der Waals surface area (Å²) in [5.41, 5.74) is 0.0390. The van der Waals surface area contributed by atoms with Crippen LogP contribution in [-0.2, 0) is 4.79 Å². The molecule has 1 N–H and O–H groups in total. The second-order valence-electron chi connectivity index (χ2n) is 4.63. The topological polar surface area (TPSA) is 99.9 Å². The molecule has 2 rings (SSSR count). The minimum Gasteiger partial charge on any atom is -0.493 e. The quantitative estimate of drug-likeness (QED) is 0.618. The lowest BCUT2D eigenvalue weighted by atomic mass is 10.2. The molecule has 24 heavy (non-hydrogen) atoms. The third-order valence-electron chi connectivity index (χ3n) is 3.09. The molecule has 8 heteroatoms. The number of nitro benzene ring substituents is 1. The van der Waals surface area contributed by atoms with E-state index in [0.29, 0.717) is 11.5 Å². The van der Waals surface area contributed by atoms with Gasteiger partial charge in [0, 0.05) is 11.8 Å². The van der Waals surface area contributed by atoms with E-state index in [-0.39, 0.29) is 23.7 Å². The fraction of sp³-hybridized carbons (Fsp3) is 0.188. The number of methoxy groups -OCH3 is 2. The van der Waals surface area contributed by atoms with Crippen molar-refractivity contribution in [1.82, 2.24) is 0 Å². The van der Waals surface area contributed by atoms with E-state index in [1.807, 2.05) is 0 Å². The van der Waals surface area contributed by atoms with Crippen molar-refractivity contribution in [1.29, 1.82) is 0 Å². The van der Waals surface area contributed by atoms with Gasteiger partial charge in [0.25, 0.3) is 5.91 Å². The first-order valence-electron chi connectivity index (χ1n) is 6.93. The van der Waals surface area contributed by atoms with Crippen molar-refractivity contribution in [2.75, 3.05) is 26.1 Å². The molecule has 0 aliphatic rings. The number of ether oxygens (including phenoxy) is 3. The van der Waals surface area contributed by atoms with Crippen LogP contribution in [0.2, 0.25) is 0 Å². The highest BCUT2D eigenvalue weighted by atomic mass is 16.6. The van der Waals surface area contributed by atoms with Crippen LogP contribution >= 0.6 is 0 Å². The van der Waals surface area contributed by atoms with Gasteiger partial charge in [-0.3, -0.25) is 14.9 Å². The lowest BCUT2D eigenvalue weighted by molar-refractivity contribution is -0.385.